The Balaban J connectivity index is 0. The molecule has 0 spiro atoms. The van der Waals surface area contributed by atoms with Crippen LogP contribution in [0, 0.1) is 0 Å². The summed E-state index contributed by atoms with van der Waals surface area (Å²) in [5.74, 6) is 0. The first-order chi connectivity index (χ1) is 5.00. The van der Waals surface area contributed by atoms with E-state index in [9.17, 15) is 0 Å². The van der Waals surface area contributed by atoms with Gasteiger partial charge in [-0.2, -0.15) is 0 Å². The van der Waals surface area contributed by atoms with Gasteiger partial charge in [-0.05, 0) is 0 Å². The van der Waals surface area contributed by atoms with E-state index in [-0.39, 0.29) is 0 Å². The maximum absolute atomic E-state index is 6.00. The molecule has 10 heavy (non-hydrogen) atoms. The van der Waals surface area contributed by atoms with E-state index in [1.54, 1.807) is 0 Å². The number of hydrogen-bond acceptors (Lipinski definition) is 4. The second kappa shape index (κ2) is 15.7. The summed E-state index contributed by atoms with van der Waals surface area (Å²) in [4.78, 5) is 0. The van der Waals surface area contributed by atoms with Gasteiger partial charge in [0.25, 0.3) is 0 Å². The zero-order valence-corrected chi connectivity index (χ0v) is 5.25. The van der Waals surface area contributed by atoms with E-state index in [1.165, 1.54) is 0 Å². The SMILES string of the molecule is OO.OO.c1ccccc1. The topological polar surface area (TPSA) is 80.9 Å². The molecule has 0 fully saturated rings. The van der Waals surface area contributed by atoms with Crippen LogP contribution >= 0.6 is 0 Å². The second-order valence-electron chi connectivity index (χ2n) is 1.15. The molecule has 0 aromatic heterocycles. The molecule has 58 valence electrons. The first-order valence-electron chi connectivity index (χ1n) is 2.40. The first kappa shape index (κ1) is 11.8. The monoisotopic (exact) mass is 146 g/mol. The van der Waals surface area contributed by atoms with Crippen LogP contribution < -0.4 is 0 Å². The molecule has 0 aliphatic heterocycles. The predicted octanol–water partition coefficient (Wildman–Crippen LogP) is 1.72. The highest BCUT2D eigenvalue weighted by molar-refractivity contribution is 4.99. The Kier molecular flexibility index (Phi) is 18.5. The highest BCUT2D eigenvalue weighted by Gasteiger charge is 1.57. The van der Waals surface area contributed by atoms with Crippen molar-refractivity contribution in [1.82, 2.24) is 0 Å². The Labute approximate surface area is 58.5 Å². The van der Waals surface area contributed by atoms with Crippen LogP contribution in [0.2, 0.25) is 0 Å². The van der Waals surface area contributed by atoms with Crippen LogP contribution in [0.4, 0.5) is 0 Å². The molecule has 1 rings (SSSR count). The van der Waals surface area contributed by atoms with Crippen molar-refractivity contribution in [3.8, 4) is 0 Å². The van der Waals surface area contributed by atoms with Gasteiger partial charge in [-0.15, -0.1) is 0 Å². The summed E-state index contributed by atoms with van der Waals surface area (Å²) >= 11 is 0. The quantitative estimate of drug-likeness (QED) is 0.332. The van der Waals surface area contributed by atoms with E-state index in [1.807, 2.05) is 36.4 Å². The summed E-state index contributed by atoms with van der Waals surface area (Å²) in [6, 6.07) is 12.0. The van der Waals surface area contributed by atoms with Gasteiger partial charge in [-0.1, -0.05) is 36.4 Å². The normalized spacial score (nSPS) is 6.00. The maximum Gasteiger partial charge on any atom is -0.0623 e. The largest absolute Gasteiger partial charge is 0.255 e. The minimum absolute atomic E-state index is 2.00. The minimum atomic E-state index is 2.00. The lowest BCUT2D eigenvalue weighted by atomic mass is 10.4. The van der Waals surface area contributed by atoms with E-state index in [4.69, 9.17) is 21.0 Å². The Hall–Kier alpha value is -0.940. The van der Waals surface area contributed by atoms with Crippen LogP contribution in [0.25, 0.3) is 0 Å². The smallest absolute Gasteiger partial charge is 0.0623 e. The van der Waals surface area contributed by atoms with E-state index < -0.39 is 0 Å². The number of benzene rings is 1. The Bertz CT molecular complexity index is 81.7. The molecule has 0 radical (unpaired) electrons. The van der Waals surface area contributed by atoms with Gasteiger partial charge >= 0.3 is 0 Å². The third-order valence-electron chi connectivity index (χ3n) is 0.667. The summed E-state index contributed by atoms with van der Waals surface area (Å²) in [6.45, 7) is 0. The molecule has 0 aliphatic carbocycles. The van der Waals surface area contributed by atoms with Gasteiger partial charge in [0.15, 0.2) is 0 Å². The molecule has 0 heterocycles. The van der Waals surface area contributed by atoms with Crippen molar-refractivity contribution in [2.24, 2.45) is 0 Å². The molecule has 0 bridgehead atoms. The van der Waals surface area contributed by atoms with Crippen LogP contribution in [-0.2, 0) is 0 Å². The van der Waals surface area contributed by atoms with Gasteiger partial charge in [-0.3, -0.25) is 21.0 Å². The van der Waals surface area contributed by atoms with Crippen molar-refractivity contribution in [3.63, 3.8) is 0 Å². The van der Waals surface area contributed by atoms with Gasteiger partial charge in [0.05, 0.1) is 0 Å². The average molecular weight is 146 g/mol. The Morgan fingerprint density at radius 3 is 0.600 bits per heavy atom. The molecule has 4 heteroatoms. The Morgan fingerprint density at radius 1 is 0.400 bits per heavy atom. The standard InChI is InChI=1S/C6H6.2H2O2/c1-2-4-6-5-3-1;2*1-2/h1-6H;2*1-2H. The van der Waals surface area contributed by atoms with Crippen molar-refractivity contribution < 1.29 is 21.0 Å². The minimum Gasteiger partial charge on any atom is -0.255 e. The van der Waals surface area contributed by atoms with Crippen molar-refractivity contribution in [1.29, 1.82) is 0 Å². The second-order valence-corrected chi connectivity index (χ2v) is 1.15. The molecule has 0 aliphatic rings. The molecule has 0 unspecified atom stereocenters. The average Bonchev–Trinajstić information content (AvgIpc) is 2.14. The van der Waals surface area contributed by atoms with Crippen LogP contribution in [0.15, 0.2) is 36.4 Å². The zero-order chi connectivity index (χ0) is 8.24. The fourth-order valence-corrected chi connectivity index (χ4v) is 0.385. The molecule has 4 nitrogen and oxygen atoms in total. The van der Waals surface area contributed by atoms with Gasteiger partial charge in [0.1, 0.15) is 0 Å². The summed E-state index contributed by atoms with van der Waals surface area (Å²) in [6.07, 6.45) is 0. The van der Waals surface area contributed by atoms with Crippen molar-refractivity contribution in [2.75, 3.05) is 0 Å². The summed E-state index contributed by atoms with van der Waals surface area (Å²) in [7, 11) is 0. The van der Waals surface area contributed by atoms with E-state index in [0.29, 0.717) is 0 Å². The van der Waals surface area contributed by atoms with Crippen LogP contribution in [0.5, 0.6) is 0 Å². The van der Waals surface area contributed by atoms with Crippen LogP contribution in [0.3, 0.4) is 0 Å². The van der Waals surface area contributed by atoms with Gasteiger partial charge in [-0.25, -0.2) is 0 Å². The van der Waals surface area contributed by atoms with E-state index >= 15 is 0 Å². The summed E-state index contributed by atoms with van der Waals surface area (Å²) in [5.41, 5.74) is 0. The highest BCUT2D eigenvalue weighted by Crippen LogP contribution is 1.79. The Morgan fingerprint density at radius 2 is 0.500 bits per heavy atom. The van der Waals surface area contributed by atoms with Crippen molar-refractivity contribution in [3.05, 3.63) is 36.4 Å². The lowest BCUT2D eigenvalue weighted by Gasteiger charge is -1.69. The van der Waals surface area contributed by atoms with Gasteiger partial charge < -0.3 is 0 Å². The summed E-state index contributed by atoms with van der Waals surface area (Å²) < 4.78 is 0. The lowest BCUT2D eigenvalue weighted by Crippen LogP contribution is -1.47. The predicted molar refractivity (Wildman–Crippen MR) is 37.0 cm³/mol. The van der Waals surface area contributed by atoms with Crippen LogP contribution in [0.1, 0.15) is 0 Å². The molecule has 0 saturated carbocycles. The fraction of sp³-hybridized carbons (Fsp3) is 0. The molecule has 1 aromatic carbocycles. The molecule has 0 amide bonds. The molecule has 0 saturated heterocycles. The maximum atomic E-state index is 6.00. The summed E-state index contributed by atoms with van der Waals surface area (Å²) in [5, 5.41) is 24.0. The molecule has 4 N–H and O–H groups in total. The number of hydrogen-bond donors (Lipinski definition) is 4. The molecular formula is C6H10O4. The number of rotatable bonds is 0. The third-order valence-corrected chi connectivity index (χ3v) is 0.667. The van der Waals surface area contributed by atoms with Crippen molar-refractivity contribution >= 4 is 0 Å². The highest BCUT2D eigenvalue weighted by atomic mass is 17.0. The molecular weight excluding hydrogens is 136 g/mol. The lowest BCUT2D eigenvalue weighted by molar-refractivity contribution is -0.176. The van der Waals surface area contributed by atoms with Crippen molar-refractivity contribution in [2.45, 2.75) is 0 Å². The first-order valence-corrected chi connectivity index (χ1v) is 2.40. The molecule has 1 aromatic rings. The van der Waals surface area contributed by atoms with Gasteiger partial charge in [0, 0.05) is 0 Å². The fourth-order valence-electron chi connectivity index (χ4n) is 0.385. The van der Waals surface area contributed by atoms with E-state index in [2.05, 4.69) is 0 Å². The zero-order valence-electron chi connectivity index (χ0n) is 5.25. The van der Waals surface area contributed by atoms with E-state index in [0.717, 1.165) is 0 Å². The third kappa shape index (κ3) is 10.1. The van der Waals surface area contributed by atoms with Gasteiger partial charge in [0.2, 0.25) is 0 Å². The van der Waals surface area contributed by atoms with Crippen LogP contribution in [-0.4, -0.2) is 21.0 Å². The molecule has 0 atom stereocenters.